The van der Waals surface area contributed by atoms with Gasteiger partial charge in [0.1, 0.15) is 0 Å². The van der Waals surface area contributed by atoms with Crippen LogP contribution in [0.5, 0.6) is 0 Å². The fourth-order valence-electron chi connectivity index (χ4n) is 3.29. The van der Waals surface area contributed by atoms with Gasteiger partial charge in [-0.25, -0.2) is 8.42 Å². The first-order valence-corrected chi connectivity index (χ1v) is 9.10. The van der Waals surface area contributed by atoms with Crippen LogP contribution in [0.4, 0.5) is 18.9 Å². The third-order valence-corrected chi connectivity index (χ3v) is 5.94. The molecule has 2 heterocycles. The van der Waals surface area contributed by atoms with Crippen molar-refractivity contribution < 1.29 is 21.6 Å². The number of aromatic nitrogens is 1. The third kappa shape index (κ3) is 2.99. The molecule has 3 rings (SSSR count). The first-order chi connectivity index (χ1) is 11.5. The summed E-state index contributed by atoms with van der Waals surface area (Å²) in [6.07, 6.45) is 3.39. The first kappa shape index (κ1) is 17.7. The highest BCUT2D eigenvalue weighted by Crippen LogP contribution is 2.50. The van der Waals surface area contributed by atoms with Crippen LogP contribution >= 0.6 is 0 Å². The van der Waals surface area contributed by atoms with E-state index < -0.39 is 20.2 Å². The van der Waals surface area contributed by atoms with Crippen molar-refractivity contribution in [3.63, 3.8) is 0 Å². The molecule has 0 unspecified atom stereocenters. The molecule has 1 aliphatic rings. The number of pyridine rings is 1. The van der Waals surface area contributed by atoms with Gasteiger partial charge < -0.3 is 4.90 Å². The third-order valence-electron chi connectivity index (χ3n) is 4.43. The summed E-state index contributed by atoms with van der Waals surface area (Å²) < 4.78 is 60.8. The molecule has 134 valence electrons. The Hall–Kier alpha value is -2.09. The normalized spacial score (nSPS) is 20.2. The Kier molecular flexibility index (Phi) is 4.06. The van der Waals surface area contributed by atoms with Crippen molar-refractivity contribution in [3.8, 4) is 0 Å². The summed E-state index contributed by atoms with van der Waals surface area (Å²) in [6, 6.07) is 8.70. The molecular weight excluding hydrogens is 353 g/mol. The summed E-state index contributed by atoms with van der Waals surface area (Å²) in [5, 5.41) is 0. The summed E-state index contributed by atoms with van der Waals surface area (Å²) >= 11 is 0. The smallest absolute Gasteiger partial charge is 0.363 e. The maximum absolute atomic E-state index is 12.6. The topological polar surface area (TPSA) is 50.3 Å². The monoisotopic (exact) mass is 370 g/mol. The zero-order valence-electron chi connectivity index (χ0n) is 13.7. The summed E-state index contributed by atoms with van der Waals surface area (Å²) in [6.45, 7) is 4.93. The lowest BCUT2D eigenvalue weighted by molar-refractivity contribution is -0.0436. The zero-order chi connectivity index (χ0) is 18.5. The fourth-order valence-corrected chi connectivity index (χ4v) is 4.06. The number of sulfone groups is 1. The van der Waals surface area contributed by atoms with Gasteiger partial charge in [-0.15, -0.1) is 0 Å². The second kappa shape index (κ2) is 5.72. The molecule has 0 N–H and O–H groups in total. The van der Waals surface area contributed by atoms with Gasteiger partial charge in [0.25, 0.3) is 9.84 Å². The minimum absolute atomic E-state index is 0.0158. The van der Waals surface area contributed by atoms with Crippen molar-refractivity contribution in [2.24, 2.45) is 5.41 Å². The van der Waals surface area contributed by atoms with Crippen LogP contribution < -0.4 is 4.90 Å². The van der Waals surface area contributed by atoms with Crippen LogP contribution in [0.2, 0.25) is 0 Å². The van der Waals surface area contributed by atoms with Crippen LogP contribution in [0.15, 0.2) is 53.7 Å². The van der Waals surface area contributed by atoms with Gasteiger partial charge in [-0.1, -0.05) is 13.8 Å². The van der Waals surface area contributed by atoms with Gasteiger partial charge >= 0.3 is 5.51 Å². The van der Waals surface area contributed by atoms with E-state index in [4.69, 9.17) is 0 Å². The largest absolute Gasteiger partial charge is 0.501 e. The Labute approximate surface area is 144 Å². The van der Waals surface area contributed by atoms with Crippen LogP contribution in [-0.2, 0) is 9.84 Å². The van der Waals surface area contributed by atoms with E-state index in [1.807, 2.05) is 17.0 Å². The summed E-state index contributed by atoms with van der Waals surface area (Å²) in [7, 11) is -5.32. The Balaban J connectivity index is 1.91. The summed E-state index contributed by atoms with van der Waals surface area (Å²) in [5.41, 5.74) is -3.58. The van der Waals surface area contributed by atoms with E-state index in [-0.39, 0.29) is 11.5 Å². The molecule has 1 aromatic heterocycles. The van der Waals surface area contributed by atoms with Crippen molar-refractivity contribution >= 4 is 15.5 Å². The number of nitrogens with zero attached hydrogens (tertiary/aromatic N) is 2. The van der Waals surface area contributed by atoms with Crippen molar-refractivity contribution in [2.75, 3.05) is 11.4 Å². The lowest BCUT2D eigenvalue weighted by atomic mass is 9.71. The molecule has 0 radical (unpaired) electrons. The number of rotatable bonds is 3. The van der Waals surface area contributed by atoms with Gasteiger partial charge in [-0.05, 0) is 42.0 Å². The lowest BCUT2D eigenvalue weighted by Gasteiger charge is -2.56. The fraction of sp³-hybridized carbons (Fsp3) is 0.353. The molecule has 1 aliphatic heterocycles. The molecule has 0 amide bonds. The minimum Gasteiger partial charge on any atom is -0.363 e. The highest BCUT2D eigenvalue weighted by molar-refractivity contribution is 7.92. The molecule has 1 fully saturated rings. The second-order valence-corrected chi connectivity index (χ2v) is 8.68. The Morgan fingerprint density at radius 1 is 1.08 bits per heavy atom. The predicted molar refractivity (Wildman–Crippen MR) is 87.8 cm³/mol. The number of alkyl halides is 3. The molecule has 1 aromatic carbocycles. The quantitative estimate of drug-likeness (QED) is 0.821. The van der Waals surface area contributed by atoms with E-state index in [1.165, 1.54) is 12.1 Å². The molecular formula is C17H17F3N2O2S. The second-order valence-electron chi connectivity index (χ2n) is 6.74. The number of anilines is 1. The van der Waals surface area contributed by atoms with Crippen LogP contribution in [0.1, 0.15) is 25.5 Å². The van der Waals surface area contributed by atoms with E-state index in [0.717, 1.165) is 17.7 Å². The molecule has 4 nitrogen and oxygen atoms in total. The van der Waals surface area contributed by atoms with E-state index in [1.54, 1.807) is 12.4 Å². The molecule has 0 saturated carbocycles. The summed E-state index contributed by atoms with van der Waals surface area (Å²) in [5.74, 6) is 0. The Morgan fingerprint density at radius 3 is 2.12 bits per heavy atom. The van der Waals surface area contributed by atoms with E-state index in [0.29, 0.717) is 12.2 Å². The van der Waals surface area contributed by atoms with Crippen molar-refractivity contribution in [2.45, 2.75) is 30.3 Å². The average Bonchev–Trinajstić information content (AvgIpc) is 2.53. The molecule has 25 heavy (non-hydrogen) atoms. The van der Waals surface area contributed by atoms with Crippen LogP contribution in [-0.4, -0.2) is 25.5 Å². The molecule has 0 spiro atoms. The standard InChI is InChI=1S/C17H17F3N2O2S/c1-16(2)11-22(15(16)12-7-9-21-10-8-12)13-3-5-14(6-4-13)25(23,24)17(18,19)20/h3-10,15H,11H2,1-2H3/t15-/m1/s1. The minimum atomic E-state index is -5.32. The maximum atomic E-state index is 12.6. The van der Waals surface area contributed by atoms with E-state index in [2.05, 4.69) is 18.8 Å². The highest BCUT2D eigenvalue weighted by atomic mass is 32.2. The van der Waals surface area contributed by atoms with Gasteiger partial charge in [0.2, 0.25) is 0 Å². The van der Waals surface area contributed by atoms with Gasteiger partial charge in [0.15, 0.2) is 0 Å². The first-order valence-electron chi connectivity index (χ1n) is 7.62. The van der Waals surface area contributed by atoms with Gasteiger partial charge in [0.05, 0.1) is 10.9 Å². The van der Waals surface area contributed by atoms with Crippen LogP contribution in [0.25, 0.3) is 0 Å². The van der Waals surface area contributed by atoms with Crippen molar-refractivity contribution in [1.29, 1.82) is 0 Å². The molecule has 0 bridgehead atoms. The SMILES string of the molecule is CC1(C)CN(c2ccc(S(=O)(=O)C(F)(F)F)cc2)[C@@H]1c1ccncc1. The number of halogens is 3. The molecule has 1 saturated heterocycles. The van der Waals surface area contributed by atoms with Gasteiger partial charge in [-0.3, -0.25) is 4.98 Å². The summed E-state index contributed by atoms with van der Waals surface area (Å²) in [4.78, 5) is 5.30. The lowest BCUT2D eigenvalue weighted by Crippen LogP contribution is -2.55. The van der Waals surface area contributed by atoms with Gasteiger partial charge in [0, 0.05) is 30.0 Å². The van der Waals surface area contributed by atoms with E-state index in [9.17, 15) is 21.6 Å². The van der Waals surface area contributed by atoms with E-state index >= 15 is 0 Å². The van der Waals surface area contributed by atoms with Crippen LogP contribution in [0, 0.1) is 5.41 Å². The highest BCUT2D eigenvalue weighted by Gasteiger charge is 2.48. The average molecular weight is 370 g/mol. The molecule has 2 aromatic rings. The number of benzene rings is 1. The zero-order valence-corrected chi connectivity index (χ0v) is 14.5. The molecule has 8 heteroatoms. The Bertz CT molecular complexity index is 863. The number of hydrogen-bond donors (Lipinski definition) is 0. The molecule has 1 atom stereocenters. The molecule has 0 aliphatic carbocycles. The van der Waals surface area contributed by atoms with Crippen LogP contribution in [0.3, 0.4) is 0 Å². The van der Waals surface area contributed by atoms with Crippen molar-refractivity contribution in [1.82, 2.24) is 4.98 Å². The number of hydrogen-bond acceptors (Lipinski definition) is 4. The van der Waals surface area contributed by atoms with Gasteiger partial charge in [-0.2, -0.15) is 13.2 Å². The van der Waals surface area contributed by atoms with Crippen molar-refractivity contribution in [3.05, 3.63) is 54.4 Å². The Morgan fingerprint density at radius 2 is 1.64 bits per heavy atom. The predicted octanol–water partition coefficient (Wildman–Crippen LogP) is 3.96. The maximum Gasteiger partial charge on any atom is 0.501 e.